The summed E-state index contributed by atoms with van der Waals surface area (Å²) in [6, 6.07) is 23.5. The largest absolute Gasteiger partial charge is 0.508 e. The second-order valence-electron chi connectivity index (χ2n) is 14.6. The first-order valence-electron chi connectivity index (χ1n) is 18.8. The average molecular weight is 723 g/mol. The third-order valence-electron chi connectivity index (χ3n) is 11.3. The van der Waals surface area contributed by atoms with Gasteiger partial charge in [-0.3, -0.25) is 0 Å². The fraction of sp³-hybridized carbons (Fsp3) is 0.429. The van der Waals surface area contributed by atoms with Gasteiger partial charge in [0.15, 0.2) is 0 Å². The molecule has 6 N–H and O–H groups in total. The molecule has 53 heavy (non-hydrogen) atoms. The summed E-state index contributed by atoms with van der Waals surface area (Å²) >= 11 is 0. The Morgan fingerprint density at radius 3 is 2.53 bits per heavy atom. The number of ether oxygens (including phenoxy) is 1. The van der Waals surface area contributed by atoms with Gasteiger partial charge in [-0.1, -0.05) is 72.6 Å². The molecule has 6 atom stereocenters. The number of allylic oxidation sites excluding steroid dienone is 1. The van der Waals surface area contributed by atoms with E-state index in [-0.39, 0.29) is 62.3 Å². The van der Waals surface area contributed by atoms with Gasteiger partial charge in [0.1, 0.15) is 24.1 Å². The predicted octanol–water partition coefficient (Wildman–Crippen LogP) is 6.34. The Hall–Kier alpha value is -4.84. The number of benzene rings is 3. The van der Waals surface area contributed by atoms with Gasteiger partial charge in [-0.05, 0) is 84.4 Å². The maximum atomic E-state index is 14.0. The van der Waals surface area contributed by atoms with E-state index in [1.165, 1.54) is 4.90 Å². The first-order chi connectivity index (χ1) is 25.8. The predicted molar refractivity (Wildman–Crippen MR) is 202 cm³/mol. The number of unbranched alkanes of at least 4 members (excludes halogenated alkanes) is 2. The molecular formula is C42H50N4O7. The molecule has 280 valence electrons. The van der Waals surface area contributed by atoms with Gasteiger partial charge in [0, 0.05) is 49.4 Å². The number of para-hydroxylation sites is 1. The lowest BCUT2D eigenvalue weighted by atomic mass is 9.55. The van der Waals surface area contributed by atoms with Crippen LogP contribution < -0.4 is 10.1 Å². The number of carbonyl (C=O) groups excluding carboxylic acids is 1. The summed E-state index contributed by atoms with van der Waals surface area (Å²) in [5, 5.41) is 52.0. The van der Waals surface area contributed by atoms with E-state index in [9.17, 15) is 25.2 Å². The van der Waals surface area contributed by atoms with Crippen LogP contribution in [0.3, 0.4) is 0 Å². The monoisotopic (exact) mass is 722 g/mol. The van der Waals surface area contributed by atoms with Crippen molar-refractivity contribution in [3.63, 3.8) is 0 Å². The van der Waals surface area contributed by atoms with E-state index in [0.29, 0.717) is 24.3 Å². The van der Waals surface area contributed by atoms with Crippen LogP contribution in [0.1, 0.15) is 67.7 Å². The minimum absolute atomic E-state index is 0.0105. The lowest BCUT2D eigenvalue weighted by molar-refractivity contribution is -0.226. The summed E-state index contributed by atoms with van der Waals surface area (Å²) in [6.07, 6.45) is 6.85. The molecule has 0 radical (unpaired) electrons. The summed E-state index contributed by atoms with van der Waals surface area (Å²) < 4.78 is 6.64. The Labute approximate surface area is 309 Å². The molecule has 2 amide bonds. The number of urea groups is 1. The third kappa shape index (κ3) is 7.51. The van der Waals surface area contributed by atoms with Crippen LogP contribution in [0.5, 0.6) is 11.5 Å². The number of H-pyrrole nitrogens is 1. The number of aromatic hydroxyl groups is 1. The van der Waals surface area contributed by atoms with Crippen LogP contribution in [0.25, 0.3) is 10.9 Å². The molecule has 2 aliphatic carbocycles. The Bertz CT molecular complexity index is 1910. The molecule has 4 aromatic rings. The summed E-state index contributed by atoms with van der Waals surface area (Å²) in [4.78, 5) is 24.9. The molecule has 1 saturated carbocycles. The Morgan fingerprint density at radius 1 is 1.00 bits per heavy atom. The van der Waals surface area contributed by atoms with Crippen LogP contribution in [-0.4, -0.2) is 74.1 Å². The van der Waals surface area contributed by atoms with Crippen LogP contribution >= 0.6 is 0 Å². The number of fused-ring (bicyclic) bond motifs is 3. The number of carbonyl (C=O) groups is 1. The van der Waals surface area contributed by atoms with Crippen molar-refractivity contribution in [3.05, 3.63) is 107 Å². The van der Waals surface area contributed by atoms with E-state index in [2.05, 4.69) is 16.4 Å². The summed E-state index contributed by atoms with van der Waals surface area (Å²) in [5.41, 5.74) is 5.03. The number of hydrogen-bond acceptors (Lipinski definition) is 8. The van der Waals surface area contributed by atoms with Crippen LogP contribution in [-0.2, 0) is 18.0 Å². The van der Waals surface area contributed by atoms with Gasteiger partial charge in [-0.25, -0.2) is 4.79 Å². The van der Waals surface area contributed by atoms with Crippen LogP contribution in [0, 0.1) is 17.8 Å². The number of likely N-dealkylation sites (N-methyl/N-ethyl adjacent to an activating group) is 1. The summed E-state index contributed by atoms with van der Waals surface area (Å²) in [5.74, 6) is -2.17. The number of aliphatic hydroxyl groups excluding tert-OH is 2. The number of phenolic OH excluding ortho intramolecular Hbond substituents is 1. The standard InChI is InChI=1S/C42H50N4O7/c1-46(41(50)43-25-30-21-29-14-5-6-16-35(29)44-30)38-24-36(45-52-26-27-11-3-2-4-12-27)33-22-28(13-7-9-19-47)32(15-8-10-20-48)39-34-23-31(49)17-18-37(34)53-42(38,51)40(33)39/h2-6,11-12,14,16-18,21-23,28,32,38-40,44,47-49,51H,7-10,13,15,19-20,24-26H2,1H3,(H,43,50)/t28-,32+,38-,39+,40+,42+/m0/s1. The van der Waals surface area contributed by atoms with E-state index in [1.807, 2.05) is 60.7 Å². The minimum Gasteiger partial charge on any atom is -0.508 e. The maximum Gasteiger partial charge on any atom is 0.317 e. The molecule has 0 saturated heterocycles. The third-order valence-corrected chi connectivity index (χ3v) is 11.3. The molecule has 1 aliphatic heterocycles. The van der Waals surface area contributed by atoms with Crippen LogP contribution in [0.15, 0.2) is 95.7 Å². The summed E-state index contributed by atoms with van der Waals surface area (Å²) in [6.45, 7) is 0.688. The van der Waals surface area contributed by atoms with Gasteiger partial charge >= 0.3 is 6.03 Å². The number of hydrogen-bond donors (Lipinski definition) is 6. The van der Waals surface area contributed by atoms with Crippen molar-refractivity contribution >= 4 is 22.6 Å². The Morgan fingerprint density at radius 2 is 1.75 bits per heavy atom. The molecular weight excluding hydrogens is 672 g/mol. The quantitative estimate of drug-likeness (QED) is 0.0655. The normalized spacial score (nSPS) is 25.2. The SMILES string of the molecule is CN(C(=O)NCc1cc2ccccc2[nH]1)[C@H]1CC(=NOCc2ccccc2)C2=C[C@H](CCCCO)[C@@H](CCCCO)[C@@H]3c4cc(O)ccc4O[C@@]1(O)[C@H]23. The number of nitrogens with one attached hydrogen (secondary N) is 2. The summed E-state index contributed by atoms with van der Waals surface area (Å²) in [7, 11) is 1.67. The zero-order valence-electron chi connectivity index (χ0n) is 30.2. The molecule has 11 nitrogen and oxygen atoms in total. The van der Waals surface area contributed by atoms with Crippen molar-refractivity contribution in [2.24, 2.45) is 22.9 Å². The van der Waals surface area contributed by atoms with Crippen molar-refractivity contribution in [2.75, 3.05) is 20.3 Å². The van der Waals surface area contributed by atoms with Gasteiger partial charge in [-0.2, -0.15) is 0 Å². The molecule has 1 aromatic heterocycles. The van der Waals surface area contributed by atoms with Gasteiger partial charge in [0.2, 0.25) is 5.79 Å². The number of aromatic amines is 1. The topological polar surface area (TPSA) is 160 Å². The lowest BCUT2D eigenvalue weighted by Crippen LogP contribution is -2.69. The van der Waals surface area contributed by atoms with Crippen molar-refractivity contribution < 1.29 is 34.8 Å². The van der Waals surface area contributed by atoms with Crippen molar-refractivity contribution in [3.8, 4) is 11.5 Å². The zero-order valence-corrected chi connectivity index (χ0v) is 30.2. The van der Waals surface area contributed by atoms with E-state index in [4.69, 9.17) is 14.7 Å². The molecule has 0 spiro atoms. The lowest BCUT2D eigenvalue weighted by Gasteiger charge is -2.58. The molecule has 3 aromatic carbocycles. The van der Waals surface area contributed by atoms with E-state index in [0.717, 1.165) is 59.0 Å². The molecule has 0 unspecified atom stereocenters. The first-order valence-corrected chi connectivity index (χ1v) is 18.8. The minimum atomic E-state index is -1.85. The maximum absolute atomic E-state index is 14.0. The fourth-order valence-electron chi connectivity index (χ4n) is 8.79. The van der Waals surface area contributed by atoms with Crippen molar-refractivity contribution in [2.45, 2.75) is 75.8 Å². The number of nitrogens with zero attached hydrogens (tertiary/aromatic N) is 2. The highest BCUT2D eigenvalue weighted by molar-refractivity contribution is 6.03. The van der Waals surface area contributed by atoms with Crippen molar-refractivity contribution in [1.29, 1.82) is 0 Å². The second kappa shape index (κ2) is 16.0. The van der Waals surface area contributed by atoms with Gasteiger partial charge < -0.3 is 45.2 Å². The molecule has 0 bridgehead atoms. The smallest absolute Gasteiger partial charge is 0.317 e. The highest BCUT2D eigenvalue weighted by atomic mass is 16.6. The number of aliphatic hydroxyl groups is 3. The van der Waals surface area contributed by atoms with Gasteiger partial charge in [-0.15, -0.1) is 0 Å². The number of rotatable bonds is 14. The highest BCUT2D eigenvalue weighted by Crippen LogP contribution is 2.60. The molecule has 2 heterocycles. The zero-order chi connectivity index (χ0) is 37.0. The van der Waals surface area contributed by atoms with Crippen LogP contribution in [0.4, 0.5) is 4.79 Å². The van der Waals surface area contributed by atoms with Gasteiger partial charge in [0.05, 0.1) is 18.2 Å². The number of oxime groups is 1. The number of phenols is 1. The molecule has 11 heteroatoms. The van der Waals surface area contributed by atoms with Crippen molar-refractivity contribution in [1.82, 2.24) is 15.2 Å². The van der Waals surface area contributed by atoms with E-state index >= 15 is 0 Å². The molecule has 3 aliphatic rings. The number of amides is 2. The highest BCUT2D eigenvalue weighted by Gasteiger charge is 2.63. The fourth-order valence-corrected chi connectivity index (χ4v) is 8.79. The second-order valence-corrected chi connectivity index (χ2v) is 14.6. The van der Waals surface area contributed by atoms with Gasteiger partial charge in [0.25, 0.3) is 0 Å². The first kappa shape index (κ1) is 36.5. The number of aromatic nitrogens is 1. The Kier molecular flexibility index (Phi) is 11.0. The van der Waals surface area contributed by atoms with Crippen LogP contribution in [0.2, 0.25) is 0 Å². The van der Waals surface area contributed by atoms with E-state index < -0.39 is 17.7 Å². The molecule has 7 rings (SSSR count). The average Bonchev–Trinajstić information content (AvgIpc) is 3.59. The Balaban J connectivity index is 1.28. The van der Waals surface area contributed by atoms with E-state index in [1.54, 1.807) is 25.2 Å². The molecule has 1 fully saturated rings.